The van der Waals surface area contributed by atoms with E-state index >= 15 is 0 Å². The van der Waals surface area contributed by atoms with E-state index in [1.54, 1.807) is 55.6 Å². The molecule has 1 atom stereocenters. The van der Waals surface area contributed by atoms with Crippen molar-refractivity contribution in [3.8, 4) is 5.75 Å². The SMILES string of the molecule is CN(c1ccccc1)S(=O)(=O)c1ccc(OCC2CO2)cc1. The largest absolute Gasteiger partial charge is 0.491 e. The molecule has 0 N–H and O–H groups in total. The van der Waals surface area contributed by atoms with Gasteiger partial charge in [0.05, 0.1) is 17.2 Å². The van der Waals surface area contributed by atoms with Crippen molar-refractivity contribution in [2.24, 2.45) is 0 Å². The Morgan fingerprint density at radius 3 is 2.36 bits per heavy atom. The number of rotatable bonds is 6. The Kier molecular flexibility index (Phi) is 4.04. The molecule has 1 heterocycles. The molecule has 0 bridgehead atoms. The molecule has 3 rings (SSSR count). The molecule has 2 aromatic rings. The van der Waals surface area contributed by atoms with Crippen molar-refractivity contribution in [2.45, 2.75) is 11.0 Å². The molecule has 2 aromatic carbocycles. The number of epoxide rings is 1. The van der Waals surface area contributed by atoms with Crippen molar-refractivity contribution in [3.63, 3.8) is 0 Å². The van der Waals surface area contributed by atoms with Gasteiger partial charge in [-0.1, -0.05) is 18.2 Å². The summed E-state index contributed by atoms with van der Waals surface area (Å²) >= 11 is 0. The number of nitrogens with zero attached hydrogens (tertiary/aromatic N) is 1. The third-order valence-electron chi connectivity index (χ3n) is 3.44. The van der Waals surface area contributed by atoms with Crippen LogP contribution in [0.3, 0.4) is 0 Å². The van der Waals surface area contributed by atoms with Crippen molar-refractivity contribution < 1.29 is 17.9 Å². The van der Waals surface area contributed by atoms with Crippen LogP contribution in [0.4, 0.5) is 5.69 Å². The first kappa shape index (κ1) is 14.9. The van der Waals surface area contributed by atoms with E-state index in [-0.39, 0.29) is 11.0 Å². The minimum atomic E-state index is -3.57. The van der Waals surface area contributed by atoms with Crippen LogP contribution < -0.4 is 9.04 Å². The Morgan fingerprint density at radius 2 is 1.77 bits per heavy atom. The summed E-state index contributed by atoms with van der Waals surface area (Å²) in [6.45, 7) is 1.23. The Morgan fingerprint density at radius 1 is 1.14 bits per heavy atom. The lowest BCUT2D eigenvalue weighted by molar-refractivity contribution is 0.263. The monoisotopic (exact) mass is 319 g/mol. The van der Waals surface area contributed by atoms with E-state index in [0.717, 1.165) is 6.61 Å². The second-order valence-electron chi connectivity index (χ2n) is 5.05. The van der Waals surface area contributed by atoms with E-state index < -0.39 is 10.0 Å². The molecule has 0 amide bonds. The second kappa shape index (κ2) is 5.98. The van der Waals surface area contributed by atoms with Gasteiger partial charge in [-0.15, -0.1) is 0 Å². The fourth-order valence-electron chi connectivity index (χ4n) is 2.00. The highest BCUT2D eigenvalue weighted by molar-refractivity contribution is 7.92. The first-order valence-electron chi connectivity index (χ1n) is 6.96. The van der Waals surface area contributed by atoms with Crippen molar-refractivity contribution in [1.29, 1.82) is 0 Å². The van der Waals surface area contributed by atoms with Crippen molar-refractivity contribution >= 4 is 15.7 Å². The molecule has 22 heavy (non-hydrogen) atoms. The van der Waals surface area contributed by atoms with Gasteiger partial charge in [-0.2, -0.15) is 0 Å². The topological polar surface area (TPSA) is 59.1 Å². The molecule has 1 aliphatic heterocycles. The first-order chi connectivity index (χ1) is 10.6. The van der Waals surface area contributed by atoms with Gasteiger partial charge in [-0.05, 0) is 36.4 Å². The summed E-state index contributed by atoms with van der Waals surface area (Å²) in [5, 5.41) is 0. The molecule has 0 spiro atoms. The predicted molar refractivity (Wildman–Crippen MR) is 83.7 cm³/mol. The Bertz CT molecular complexity index is 725. The number of ether oxygens (including phenoxy) is 2. The highest BCUT2D eigenvalue weighted by atomic mass is 32.2. The van der Waals surface area contributed by atoms with Crippen LogP contribution in [0.2, 0.25) is 0 Å². The fourth-order valence-corrected chi connectivity index (χ4v) is 3.19. The summed E-state index contributed by atoms with van der Waals surface area (Å²) in [6.07, 6.45) is 0.174. The van der Waals surface area contributed by atoms with Gasteiger partial charge in [0.25, 0.3) is 10.0 Å². The lowest BCUT2D eigenvalue weighted by Gasteiger charge is -2.19. The smallest absolute Gasteiger partial charge is 0.264 e. The van der Waals surface area contributed by atoms with Crippen molar-refractivity contribution in [3.05, 3.63) is 54.6 Å². The number of hydrogen-bond donors (Lipinski definition) is 0. The molecule has 1 aliphatic rings. The fraction of sp³-hybridized carbons (Fsp3) is 0.250. The molecule has 5 nitrogen and oxygen atoms in total. The maximum absolute atomic E-state index is 12.6. The molecule has 0 saturated carbocycles. The molecule has 0 aliphatic carbocycles. The van der Waals surface area contributed by atoms with E-state index in [2.05, 4.69) is 0 Å². The molecular weight excluding hydrogens is 302 g/mol. The third kappa shape index (κ3) is 3.23. The van der Waals surface area contributed by atoms with E-state index in [0.29, 0.717) is 18.0 Å². The molecule has 0 aromatic heterocycles. The van der Waals surface area contributed by atoms with Crippen LogP contribution in [0.15, 0.2) is 59.5 Å². The average Bonchev–Trinajstić information content (AvgIpc) is 3.38. The van der Waals surface area contributed by atoms with Gasteiger partial charge < -0.3 is 9.47 Å². The molecule has 1 unspecified atom stereocenters. The van der Waals surface area contributed by atoms with Gasteiger partial charge in [-0.3, -0.25) is 4.31 Å². The number of hydrogen-bond acceptors (Lipinski definition) is 4. The number of anilines is 1. The Balaban J connectivity index is 1.76. The van der Waals surface area contributed by atoms with Crippen molar-refractivity contribution in [1.82, 2.24) is 0 Å². The van der Waals surface area contributed by atoms with Crippen LogP contribution in [0.5, 0.6) is 5.75 Å². The zero-order valence-electron chi connectivity index (χ0n) is 12.2. The predicted octanol–water partition coefficient (Wildman–Crippen LogP) is 2.29. The normalized spacial score (nSPS) is 17.0. The van der Waals surface area contributed by atoms with Gasteiger partial charge in [-0.25, -0.2) is 8.42 Å². The van der Waals surface area contributed by atoms with Gasteiger partial charge >= 0.3 is 0 Å². The highest BCUT2D eigenvalue weighted by Crippen LogP contribution is 2.23. The second-order valence-corrected chi connectivity index (χ2v) is 7.02. The molecular formula is C16H17NO4S. The van der Waals surface area contributed by atoms with E-state index in [4.69, 9.17) is 9.47 Å². The lowest BCUT2D eigenvalue weighted by atomic mass is 10.3. The zero-order valence-corrected chi connectivity index (χ0v) is 13.0. The van der Waals surface area contributed by atoms with Gasteiger partial charge in [0.2, 0.25) is 0 Å². The average molecular weight is 319 g/mol. The molecule has 1 saturated heterocycles. The summed E-state index contributed by atoms with van der Waals surface area (Å²) in [5.41, 5.74) is 0.619. The van der Waals surface area contributed by atoms with Crippen LogP contribution in [-0.4, -0.2) is 34.8 Å². The minimum absolute atomic E-state index is 0.174. The Hall–Kier alpha value is -2.05. The number of para-hydroxylation sites is 1. The van der Waals surface area contributed by atoms with E-state index in [1.807, 2.05) is 6.07 Å². The van der Waals surface area contributed by atoms with Crippen LogP contribution in [0.25, 0.3) is 0 Å². The van der Waals surface area contributed by atoms with Gasteiger partial charge in [0.15, 0.2) is 0 Å². The maximum Gasteiger partial charge on any atom is 0.264 e. The third-order valence-corrected chi connectivity index (χ3v) is 5.24. The van der Waals surface area contributed by atoms with Crippen LogP contribution in [0.1, 0.15) is 0 Å². The van der Waals surface area contributed by atoms with Crippen molar-refractivity contribution in [2.75, 3.05) is 24.6 Å². The summed E-state index contributed by atoms with van der Waals surface area (Å²) in [5.74, 6) is 0.636. The standard InChI is InChI=1S/C16H17NO4S/c1-17(13-5-3-2-4-6-13)22(18,19)16-9-7-14(8-10-16)20-11-15-12-21-15/h2-10,15H,11-12H2,1H3. The molecule has 6 heteroatoms. The summed E-state index contributed by atoms with van der Waals surface area (Å²) in [6, 6.07) is 15.4. The number of benzene rings is 2. The quantitative estimate of drug-likeness (QED) is 0.767. The van der Waals surface area contributed by atoms with Gasteiger partial charge in [0.1, 0.15) is 18.5 Å². The summed E-state index contributed by atoms with van der Waals surface area (Å²) in [4.78, 5) is 0.230. The zero-order chi connectivity index (χ0) is 15.6. The molecule has 0 radical (unpaired) electrons. The maximum atomic E-state index is 12.6. The van der Waals surface area contributed by atoms with Crippen LogP contribution in [0, 0.1) is 0 Å². The highest BCUT2D eigenvalue weighted by Gasteiger charge is 2.24. The molecule has 1 fully saturated rings. The summed E-state index contributed by atoms with van der Waals surface area (Å²) in [7, 11) is -2.03. The molecule has 116 valence electrons. The Labute approximate surface area is 130 Å². The van der Waals surface area contributed by atoms with Crippen LogP contribution in [-0.2, 0) is 14.8 Å². The minimum Gasteiger partial charge on any atom is -0.491 e. The number of sulfonamides is 1. The van der Waals surface area contributed by atoms with Crippen LogP contribution >= 0.6 is 0 Å². The first-order valence-corrected chi connectivity index (χ1v) is 8.40. The lowest BCUT2D eigenvalue weighted by Crippen LogP contribution is -2.26. The summed E-state index contributed by atoms with van der Waals surface area (Å²) < 4.78 is 37.0. The van der Waals surface area contributed by atoms with E-state index in [9.17, 15) is 8.42 Å². The van der Waals surface area contributed by atoms with E-state index in [1.165, 1.54) is 4.31 Å². The van der Waals surface area contributed by atoms with Gasteiger partial charge in [0, 0.05) is 7.05 Å².